The number of Topliss-reactive ketones (excluding diaryl/α,β-unsaturated/α-hetero) is 1. The van der Waals surface area contributed by atoms with Gasteiger partial charge in [-0.05, 0) is 61.4 Å². The zero-order valence-corrected chi connectivity index (χ0v) is 18.7. The first kappa shape index (κ1) is 22.2. The fourth-order valence-corrected chi connectivity index (χ4v) is 3.95. The van der Waals surface area contributed by atoms with Crippen molar-refractivity contribution >= 4 is 23.1 Å². The molecule has 3 aromatic rings. The van der Waals surface area contributed by atoms with Gasteiger partial charge in [0.1, 0.15) is 29.1 Å². The maximum Gasteiger partial charge on any atom is 0.300 e. The lowest BCUT2D eigenvalue weighted by atomic mass is 9.98. The van der Waals surface area contributed by atoms with Gasteiger partial charge in [-0.3, -0.25) is 14.5 Å². The van der Waals surface area contributed by atoms with Gasteiger partial charge in [0, 0.05) is 5.56 Å². The van der Waals surface area contributed by atoms with Gasteiger partial charge in [0.2, 0.25) is 0 Å². The molecule has 0 aliphatic carbocycles. The summed E-state index contributed by atoms with van der Waals surface area (Å²) in [6.45, 7) is 4.46. The van der Waals surface area contributed by atoms with Gasteiger partial charge in [-0.15, -0.1) is 0 Å². The fraction of sp³-hybridized carbons (Fsp3) is 0.231. The lowest BCUT2D eigenvalue weighted by Gasteiger charge is -2.25. The van der Waals surface area contributed by atoms with E-state index >= 15 is 0 Å². The molecule has 33 heavy (non-hydrogen) atoms. The standard InChI is InChI=1S/C26H25NO6/c1-4-13-32-19-12-11-17(15-16(19)2)24(28)22-23(21-10-7-14-33-21)27(26(30)25(22)29)18-8-5-6-9-20(18)31-3/h5-12,14-15,23,28H,4,13H2,1-3H3/b24-22-. The van der Waals surface area contributed by atoms with Crippen LogP contribution in [0.2, 0.25) is 0 Å². The number of hydrogen-bond donors (Lipinski definition) is 1. The third kappa shape index (κ3) is 3.98. The number of nitrogens with zero attached hydrogens (tertiary/aromatic N) is 1. The third-order valence-corrected chi connectivity index (χ3v) is 5.51. The van der Waals surface area contributed by atoms with Gasteiger partial charge in [0.25, 0.3) is 11.7 Å². The summed E-state index contributed by atoms with van der Waals surface area (Å²) in [6.07, 6.45) is 2.33. The van der Waals surface area contributed by atoms with Crippen molar-refractivity contribution in [2.45, 2.75) is 26.3 Å². The Morgan fingerprint density at radius 1 is 1.09 bits per heavy atom. The average Bonchev–Trinajstić information content (AvgIpc) is 3.44. The van der Waals surface area contributed by atoms with E-state index in [1.54, 1.807) is 54.6 Å². The Morgan fingerprint density at radius 2 is 1.88 bits per heavy atom. The molecule has 1 unspecified atom stereocenters. The monoisotopic (exact) mass is 447 g/mol. The van der Waals surface area contributed by atoms with E-state index in [4.69, 9.17) is 13.9 Å². The van der Waals surface area contributed by atoms with Gasteiger partial charge in [-0.25, -0.2) is 0 Å². The molecule has 0 saturated carbocycles. The molecule has 7 heteroatoms. The normalized spacial score (nSPS) is 17.4. The number of ether oxygens (including phenoxy) is 2. The first-order valence-electron chi connectivity index (χ1n) is 10.7. The Balaban J connectivity index is 1.86. The molecule has 1 aliphatic rings. The minimum absolute atomic E-state index is 0.0533. The second kappa shape index (κ2) is 9.24. The first-order valence-corrected chi connectivity index (χ1v) is 10.7. The van der Waals surface area contributed by atoms with Crippen molar-refractivity contribution in [3.8, 4) is 11.5 Å². The molecular weight excluding hydrogens is 422 g/mol. The molecule has 1 amide bonds. The number of ketones is 1. The van der Waals surface area contributed by atoms with Gasteiger partial charge >= 0.3 is 0 Å². The molecule has 0 spiro atoms. The van der Waals surface area contributed by atoms with Crippen molar-refractivity contribution in [3.63, 3.8) is 0 Å². The molecule has 1 aliphatic heterocycles. The van der Waals surface area contributed by atoms with Crippen LogP contribution in [0.15, 0.2) is 70.9 Å². The number of rotatable bonds is 7. The van der Waals surface area contributed by atoms with Crippen molar-refractivity contribution < 1.29 is 28.6 Å². The lowest BCUT2D eigenvalue weighted by molar-refractivity contribution is -0.132. The highest BCUT2D eigenvalue weighted by molar-refractivity contribution is 6.51. The van der Waals surface area contributed by atoms with Crippen LogP contribution in [-0.2, 0) is 9.59 Å². The molecule has 1 N–H and O–H groups in total. The van der Waals surface area contributed by atoms with Crippen molar-refractivity contribution in [2.75, 3.05) is 18.6 Å². The fourth-order valence-electron chi connectivity index (χ4n) is 3.95. The number of methoxy groups -OCH3 is 1. The van der Waals surface area contributed by atoms with Crippen LogP contribution in [0.5, 0.6) is 11.5 Å². The number of furan rings is 1. The summed E-state index contributed by atoms with van der Waals surface area (Å²) in [7, 11) is 1.49. The number of carbonyl (C=O) groups is 2. The van der Waals surface area contributed by atoms with Crippen LogP contribution in [0, 0.1) is 6.92 Å². The largest absolute Gasteiger partial charge is 0.507 e. The number of amides is 1. The summed E-state index contributed by atoms with van der Waals surface area (Å²) in [5, 5.41) is 11.2. The van der Waals surface area contributed by atoms with Gasteiger partial charge in [0.05, 0.1) is 31.2 Å². The predicted octanol–water partition coefficient (Wildman–Crippen LogP) is 5.01. The second-order valence-corrected chi connectivity index (χ2v) is 7.69. The highest BCUT2D eigenvalue weighted by Gasteiger charge is 2.49. The molecule has 2 aromatic carbocycles. The molecule has 2 heterocycles. The third-order valence-electron chi connectivity index (χ3n) is 5.51. The molecule has 1 atom stereocenters. The van der Waals surface area contributed by atoms with Crippen molar-refractivity contribution in [3.05, 3.63) is 83.3 Å². The molecule has 7 nitrogen and oxygen atoms in total. The minimum atomic E-state index is -0.951. The van der Waals surface area contributed by atoms with E-state index in [-0.39, 0.29) is 11.3 Å². The van der Waals surface area contributed by atoms with E-state index in [0.717, 1.165) is 12.0 Å². The van der Waals surface area contributed by atoms with Crippen LogP contribution in [0.3, 0.4) is 0 Å². The second-order valence-electron chi connectivity index (χ2n) is 7.69. The molecule has 170 valence electrons. The summed E-state index contributed by atoms with van der Waals surface area (Å²) >= 11 is 0. The Hall–Kier alpha value is -4.00. The zero-order chi connectivity index (χ0) is 23.5. The number of benzene rings is 2. The number of anilines is 1. The van der Waals surface area contributed by atoms with E-state index < -0.39 is 17.7 Å². The number of hydrogen-bond acceptors (Lipinski definition) is 6. The van der Waals surface area contributed by atoms with Crippen LogP contribution >= 0.6 is 0 Å². The number of aliphatic hydroxyl groups excluding tert-OH is 1. The highest BCUT2D eigenvalue weighted by atomic mass is 16.5. The maximum atomic E-state index is 13.2. The van der Waals surface area contributed by atoms with E-state index in [0.29, 0.717) is 35.1 Å². The quantitative estimate of drug-likeness (QED) is 0.311. The molecule has 4 rings (SSSR count). The molecular formula is C26H25NO6. The molecule has 0 radical (unpaired) electrons. The highest BCUT2D eigenvalue weighted by Crippen LogP contribution is 2.45. The average molecular weight is 447 g/mol. The number of para-hydroxylation sites is 2. The van der Waals surface area contributed by atoms with E-state index in [2.05, 4.69) is 0 Å². The van der Waals surface area contributed by atoms with Gasteiger partial charge in [0.15, 0.2) is 0 Å². The van der Waals surface area contributed by atoms with Crippen LogP contribution in [0.4, 0.5) is 5.69 Å². The van der Waals surface area contributed by atoms with Crippen LogP contribution < -0.4 is 14.4 Å². The molecule has 1 saturated heterocycles. The molecule has 0 bridgehead atoms. The first-order chi connectivity index (χ1) is 16.0. The summed E-state index contributed by atoms with van der Waals surface area (Å²) in [4.78, 5) is 27.7. The number of carbonyl (C=O) groups excluding carboxylic acids is 2. The van der Waals surface area contributed by atoms with Gasteiger partial charge < -0.3 is 19.0 Å². The van der Waals surface area contributed by atoms with E-state index in [1.165, 1.54) is 18.3 Å². The number of aliphatic hydroxyl groups is 1. The lowest BCUT2D eigenvalue weighted by Crippen LogP contribution is -2.29. The summed E-state index contributed by atoms with van der Waals surface area (Å²) in [5.41, 5.74) is 1.57. The topological polar surface area (TPSA) is 89.2 Å². The van der Waals surface area contributed by atoms with Crippen molar-refractivity contribution in [2.24, 2.45) is 0 Å². The molecule has 1 fully saturated rings. The summed E-state index contributed by atoms with van der Waals surface area (Å²) in [6, 6.07) is 14.4. The van der Waals surface area contributed by atoms with Gasteiger partial charge in [-0.2, -0.15) is 0 Å². The zero-order valence-electron chi connectivity index (χ0n) is 18.7. The smallest absolute Gasteiger partial charge is 0.300 e. The van der Waals surface area contributed by atoms with Crippen molar-refractivity contribution in [1.82, 2.24) is 0 Å². The van der Waals surface area contributed by atoms with E-state index in [1.807, 2.05) is 13.8 Å². The van der Waals surface area contributed by atoms with Crippen LogP contribution in [0.25, 0.3) is 5.76 Å². The van der Waals surface area contributed by atoms with E-state index in [9.17, 15) is 14.7 Å². The van der Waals surface area contributed by atoms with Crippen LogP contribution in [0.1, 0.15) is 36.3 Å². The summed E-state index contributed by atoms with van der Waals surface area (Å²) in [5.74, 6) is -0.390. The Morgan fingerprint density at radius 3 is 2.55 bits per heavy atom. The predicted molar refractivity (Wildman–Crippen MR) is 123 cm³/mol. The molecule has 1 aromatic heterocycles. The Kier molecular flexibility index (Phi) is 6.22. The van der Waals surface area contributed by atoms with Crippen LogP contribution in [-0.4, -0.2) is 30.5 Å². The Bertz CT molecular complexity index is 1210. The summed E-state index contributed by atoms with van der Waals surface area (Å²) < 4.78 is 16.7. The Labute approximate surface area is 191 Å². The maximum absolute atomic E-state index is 13.2. The number of aryl methyl sites for hydroxylation is 1. The van der Waals surface area contributed by atoms with Crippen molar-refractivity contribution in [1.29, 1.82) is 0 Å². The van der Waals surface area contributed by atoms with Gasteiger partial charge in [-0.1, -0.05) is 19.1 Å². The minimum Gasteiger partial charge on any atom is -0.507 e. The SMILES string of the molecule is CCCOc1ccc(/C(O)=C2/C(=O)C(=O)N(c3ccccc3OC)C2c2ccco2)cc1C.